The molecule has 0 radical (unpaired) electrons. The number of aliphatic hydroxyl groups excluding tert-OH is 1. The third kappa shape index (κ3) is 5.07. The Morgan fingerprint density at radius 3 is 2.29 bits per heavy atom. The lowest BCUT2D eigenvalue weighted by molar-refractivity contribution is -0.345. The molecule has 0 aromatic carbocycles. The first kappa shape index (κ1) is 12.3. The van der Waals surface area contributed by atoms with E-state index < -0.39 is 24.8 Å². The first-order valence-electron chi connectivity index (χ1n) is 3.57. The van der Waals surface area contributed by atoms with Gasteiger partial charge in [-0.2, -0.15) is 0 Å². The summed E-state index contributed by atoms with van der Waals surface area (Å²) < 4.78 is 4.40. The molecule has 0 rings (SSSR count). The topological polar surface area (TPSA) is 82.1 Å². The maximum absolute atomic E-state index is 10.6. The molecule has 0 aliphatic rings. The van der Waals surface area contributed by atoms with Gasteiger partial charge in [0.15, 0.2) is 0 Å². The minimum absolute atomic E-state index is 0.649. The Bertz CT molecular complexity index is 234. The molecule has 0 spiro atoms. The Morgan fingerprint density at radius 1 is 1.29 bits per heavy atom. The Labute approximate surface area is 80.3 Å². The van der Waals surface area contributed by atoms with E-state index in [0.717, 1.165) is 12.2 Å². The standard InChI is InChI=1S/C8H10O6/c1-3-6(10)12-8(5-9)14-13-7(11)4-2/h3-4,8-9H,1-2,5H2. The second-order valence-electron chi connectivity index (χ2n) is 1.96. The zero-order valence-corrected chi connectivity index (χ0v) is 7.34. The first-order chi connectivity index (χ1) is 6.63. The van der Waals surface area contributed by atoms with E-state index in [1.54, 1.807) is 0 Å². The highest BCUT2D eigenvalue weighted by molar-refractivity contribution is 5.81. The van der Waals surface area contributed by atoms with Gasteiger partial charge in [0.1, 0.15) is 6.61 Å². The fourth-order valence-corrected chi connectivity index (χ4v) is 0.400. The van der Waals surface area contributed by atoms with Crippen LogP contribution in [0.15, 0.2) is 25.3 Å². The molecule has 0 bridgehead atoms. The number of carbonyl (C=O) groups excluding carboxylic acids is 2. The molecule has 1 atom stereocenters. The van der Waals surface area contributed by atoms with E-state index >= 15 is 0 Å². The Hall–Kier alpha value is -1.66. The molecular formula is C8H10O6. The van der Waals surface area contributed by atoms with Crippen LogP contribution in [0.1, 0.15) is 0 Å². The van der Waals surface area contributed by atoms with Gasteiger partial charge in [-0.3, -0.25) is 4.89 Å². The molecule has 1 unspecified atom stereocenters. The van der Waals surface area contributed by atoms with Crippen molar-refractivity contribution in [3.05, 3.63) is 25.3 Å². The van der Waals surface area contributed by atoms with Gasteiger partial charge in [-0.1, -0.05) is 13.2 Å². The molecule has 0 saturated carbocycles. The van der Waals surface area contributed by atoms with E-state index in [4.69, 9.17) is 5.11 Å². The van der Waals surface area contributed by atoms with E-state index in [0.29, 0.717) is 0 Å². The average Bonchev–Trinajstić information content (AvgIpc) is 2.22. The molecule has 0 aliphatic heterocycles. The average molecular weight is 202 g/mol. The van der Waals surface area contributed by atoms with Crippen LogP contribution in [0.3, 0.4) is 0 Å². The quantitative estimate of drug-likeness (QED) is 0.209. The minimum Gasteiger partial charge on any atom is -0.426 e. The fraction of sp³-hybridized carbons (Fsp3) is 0.250. The minimum atomic E-state index is -1.37. The second kappa shape index (κ2) is 6.81. The number of hydrogen-bond donors (Lipinski definition) is 1. The second-order valence-corrected chi connectivity index (χ2v) is 1.96. The van der Waals surface area contributed by atoms with Crippen molar-refractivity contribution in [1.29, 1.82) is 0 Å². The maximum Gasteiger partial charge on any atom is 0.365 e. The molecule has 6 nitrogen and oxygen atoms in total. The fourth-order valence-electron chi connectivity index (χ4n) is 0.400. The number of carbonyl (C=O) groups is 2. The SMILES string of the molecule is C=CC(=O)OOC(CO)OC(=O)C=C. The molecule has 78 valence electrons. The monoisotopic (exact) mass is 202 g/mol. The maximum atomic E-state index is 10.6. The van der Waals surface area contributed by atoms with Crippen LogP contribution in [-0.2, 0) is 24.1 Å². The largest absolute Gasteiger partial charge is 0.426 e. The van der Waals surface area contributed by atoms with Crippen LogP contribution < -0.4 is 0 Å². The van der Waals surface area contributed by atoms with Crippen molar-refractivity contribution < 1.29 is 29.2 Å². The molecule has 0 saturated heterocycles. The van der Waals surface area contributed by atoms with Crippen molar-refractivity contribution in [2.45, 2.75) is 6.29 Å². The summed E-state index contributed by atoms with van der Waals surface area (Å²) in [7, 11) is 0. The molecule has 1 N–H and O–H groups in total. The highest BCUT2D eigenvalue weighted by atomic mass is 17.2. The van der Waals surface area contributed by atoms with Gasteiger partial charge in [0, 0.05) is 12.2 Å². The van der Waals surface area contributed by atoms with Crippen molar-refractivity contribution >= 4 is 11.9 Å². The lowest BCUT2D eigenvalue weighted by atomic mass is 10.6. The third-order valence-electron chi connectivity index (χ3n) is 0.968. The van der Waals surface area contributed by atoms with Gasteiger partial charge in [-0.25, -0.2) is 9.59 Å². The predicted molar refractivity (Wildman–Crippen MR) is 44.5 cm³/mol. The van der Waals surface area contributed by atoms with Crippen LogP contribution in [0, 0.1) is 0 Å². The van der Waals surface area contributed by atoms with E-state index in [1.165, 1.54) is 0 Å². The van der Waals surface area contributed by atoms with Gasteiger partial charge >= 0.3 is 11.9 Å². The van der Waals surface area contributed by atoms with Gasteiger partial charge in [0.25, 0.3) is 6.29 Å². The third-order valence-corrected chi connectivity index (χ3v) is 0.968. The number of esters is 1. The summed E-state index contributed by atoms with van der Waals surface area (Å²) in [6.45, 7) is 5.58. The van der Waals surface area contributed by atoms with Gasteiger partial charge in [0.2, 0.25) is 0 Å². The van der Waals surface area contributed by atoms with E-state index in [2.05, 4.69) is 27.7 Å². The Kier molecular flexibility index (Phi) is 6.01. The van der Waals surface area contributed by atoms with Gasteiger partial charge in [-0.05, 0) is 0 Å². The zero-order valence-electron chi connectivity index (χ0n) is 7.34. The lowest BCUT2D eigenvalue weighted by Gasteiger charge is -2.12. The predicted octanol–water partition coefficient (Wildman–Crippen LogP) is -0.305. The number of hydrogen-bond acceptors (Lipinski definition) is 6. The van der Waals surface area contributed by atoms with Crippen molar-refractivity contribution in [2.24, 2.45) is 0 Å². The molecule has 0 heterocycles. The summed E-state index contributed by atoms with van der Waals surface area (Å²) in [5.41, 5.74) is 0. The zero-order chi connectivity index (χ0) is 11.0. The van der Waals surface area contributed by atoms with Crippen molar-refractivity contribution in [1.82, 2.24) is 0 Å². The van der Waals surface area contributed by atoms with Crippen LogP contribution in [-0.4, -0.2) is 29.9 Å². The molecule has 0 aromatic heterocycles. The van der Waals surface area contributed by atoms with E-state index in [1.807, 2.05) is 0 Å². The highest BCUT2D eigenvalue weighted by Crippen LogP contribution is 1.97. The normalized spacial score (nSPS) is 11.2. The summed E-state index contributed by atoms with van der Waals surface area (Å²) in [5.74, 6) is -1.67. The molecule has 6 heteroatoms. The van der Waals surface area contributed by atoms with Crippen LogP contribution >= 0.6 is 0 Å². The number of aliphatic hydroxyl groups is 1. The van der Waals surface area contributed by atoms with Crippen LogP contribution in [0.25, 0.3) is 0 Å². The van der Waals surface area contributed by atoms with Gasteiger partial charge in [0.05, 0.1) is 0 Å². The molecule has 0 aliphatic carbocycles. The summed E-state index contributed by atoms with van der Waals surface area (Å²) in [4.78, 5) is 29.4. The molecular weight excluding hydrogens is 192 g/mol. The Morgan fingerprint density at radius 2 is 1.86 bits per heavy atom. The van der Waals surface area contributed by atoms with E-state index in [-0.39, 0.29) is 0 Å². The number of rotatable bonds is 6. The van der Waals surface area contributed by atoms with Gasteiger partial charge in [-0.15, -0.1) is 4.89 Å². The van der Waals surface area contributed by atoms with Crippen LogP contribution in [0.2, 0.25) is 0 Å². The molecule has 14 heavy (non-hydrogen) atoms. The summed E-state index contributed by atoms with van der Waals surface area (Å²) >= 11 is 0. The summed E-state index contributed by atoms with van der Waals surface area (Å²) in [5, 5.41) is 8.60. The van der Waals surface area contributed by atoms with Crippen molar-refractivity contribution in [3.8, 4) is 0 Å². The first-order valence-corrected chi connectivity index (χ1v) is 3.57. The smallest absolute Gasteiger partial charge is 0.365 e. The van der Waals surface area contributed by atoms with Crippen LogP contribution in [0.4, 0.5) is 0 Å². The Balaban J connectivity index is 3.90. The summed E-state index contributed by atoms with van der Waals surface area (Å²) in [6.07, 6.45) is 0.356. The lowest BCUT2D eigenvalue weighted by Crippen LogP contribution is -2.25. The molecule has 0 amide bonds. The number of ether oxygens (including phenoxy) is 1. The van der Waals surface area contributed by atoms with Crippen LogP contribution in [0.5, 0.6) is 0 Å². The molecule has 0 fully saturated rings. The van der Waals surface area contributed by atoms with Gasteiger partial charge < -0.3 is 9.84 Å². The van der Waals surface area contributed by atoms with Crippen molar-refractivity contribution in [3.63, 3.8) is 0 Å². The summed E-state index contributed by atoms with van der Waals surface area (Å²) in [6, 6.07) is 0. The molecule has 0 aromatic rings. The highest BCUT2D eigenvalue weighted by Gasteiger charge is 2.14. The van der Waals surface area contributed by atoms with Crippen molar-refractivity contribution in [2.75, 3.05) is 6.61 Å². The van der Waals surface area contributed by atoms with E-state index in [9.17, 15) is 9.59 Å².